The number of halogens is 1. The fourth-order valence-corrected chi connectivity index (χ4v) is 4.57. The maximum absolute atomic E-state index is 13.4. The summed E-state index contributed by atoms with van der Waals surface area (Å²) in [5.41, 5.74) is 3.59. The van der Waals surface area contributed by atoms with E-state index in [2.05, 4.69) is 40.3 Å². The molecular weight excluding hydrogens is 506 g/mol. The van der Waals surface area contributed by atoms with E-state index in [0.29, 0.717) is 26.9 Å². The number of rotatable bonds is 13. The van der Waals surface area contributed by atoms with Gasteiger partial charge in [0.2, 0.25) is 0 Å². The summed E-state index contributed by atoms with van der Waals surface area (Å²) >= 11 is 3.54. The Hall–Kier alpha value is -2.96. The number of carbonyl (C=O) groups is 2. The zero-order valence-electron chi connectivity index (χ0n) is 20.3. The van der Waals surface area contributed by atoms with E-state index in [1.165, 1.54) is 12.8 Å². The molecule has 5 nitrogen and oxygen atoms in total. The van der Waals surface area contributed by atoms with Crippen molar-refractivity contribution in [3.8, 4) is 16.9 Å². The Balaban J connectivity index is 1.92. The van der Waals surface area contributed by atoms with Crippen LogP contribution < -0.4 is 10.1 Å². The number of amides is 1. The van der Waals surface area contributed by atoms with Crippen molar-refractivity contribution in [3.63, 3.8) is 0 Å². The highest BCUT2D eigenvalue weighted by atomic mass is 79.9. The van der Waals surface area contributed by atoms with Crippen LogP contribution in [0.4, 0.5) is 0 Å². The summed E-state index contributed by atoms with van der Waals surface area (Å²) in [6, 6.07) is 20.8. The maximum atomic E-state index is 13.4. The molecule has 3 rings (SSSR count). The van der Waals surface area contributed by atoms with Gasteiger partial charge in [0, 0.05) is 33.8 Å². The van der Waals surface area contributed by atoms with Crippen LogP contribution in [-0.4, -0.2) is 26.1 Å². The summed E-state index contributed by atoms with van der Waals surface area (Å²) in [5.74, 6) is 0.405. The van der Waals surface area contributed by atoms with Crippen molar-refractivity contribution in [2.45, 2.75) is 45.1 Å². The van der Waals surface area contributed by atoms with Crippen LogP contribution in [0.5, 0.6) is 5.75 Å². The van der Waals surface area contributed by atoms with Gasteiger partial charge in [-0.3, -0.25) is 9.59 Å². The average Bonchev–Trinajstić information content (AvgIpc) is 2.89. The van der Waals surface area contributed by atoms with Gasteiger partial charge in [0.05, 0.1) is 6.04 Å². The lowest BCUT2D eigenvalue weighted by molar-refractivity contribution is 0.0515. The van der Waals surface area contributed by atoms with E-state index >= 15 is 0 Å². The van der Waals surface area contributed by atoms with Gasteiger partial charge in [-0.1, -0.05) is 81.1 Å². The first kappa shape index (κ1) is 26.6. The van der Waals surface area contributed by atoms with Gasteiger partial charge in [-0.05, 0) is 46.1 Å². The smallest absolute Gasteiger partial charge is 0.251 e. The molecule has 1 atom stereocenters. The Bertz CT molecular complexity index is 1120. The molecule has 1 N–H and O–H groups in total. The first-order chi connectivity index (χ1) is 17.1. The highest BCUT2D eigenvalue weighted by Gasteiger charge is 2.19. The number of hydrogen-bond acceptors (Lipinski definition) is 4. The molecule has 35 heavy (non-hydrogen) atoms. The van der Waals surface area contributed by atoms with E-state index in [4.69, 9.17) is 9.47 Å². The third-order valence-electron chi connectivity index (χ3n) is 5.87. The van der Waals surface area contributed by atoms with E-state index in [1.807, 2.05) is 24.3 Å². The molecule has 0 aliphatic rings. The van der Waals surface area contributed by atoms with Gasteiger partial charge in [0.25, 0.3) is 5.91 Å². The van der Waals surface area contributed by atoms with Gasteiger partial charge in [0.15, 0.2) is 13.1 Å². The number of aldehydes is 1. The SMILES string of the molecule is CCCCCCC(NC(=O)c1ccc(OCOC)c(-c2cccc(C=O)c2Br)c1)c1ccccc1. The average molecular weight is 538 g/mol. The first-order valence-corrected chi connectivity index (χ1v) is 12.7. The Labute approximate surface area is 216 Å². The molecule has 0 spiro atoms. The second kappa shape index (κ2) is 13.8. The second-order valence-corrected chi connectivity index (χ2v) is 9.17. The van der Waals surface area contributed by atoms with Crippen molar-refractivity contribution in [2.75, 3.05) is 13.9 Å². The van der Waals surface area contributed by atoms with Gasteiger partial charge in [0.1, 0.15) is 5.75 Å². The molecule has 0 bridgehead atoms. The highest BCUT2D eigenvalue weighted by Crippen LogP contribution is 2.37. The molecule has 0 radical (unpaired) electrons. The lowest BCUT2D eigenvalue weighted by Crippen LogP contribution is -2.28. The lowest BCUT2D eigenvalue weighted by Gasteiger charge is -2.20. The normalized spacial score (nSPS) is 11.6. The van der Waals surface area contributed by atoms with Crippen molar-refractivity contribution in [2.24, 2.45) is 0 Å². The quantitative estimate of drug-likeness (QED) is 0.140. The first-order valence-electron chi connectivity index (χ1n) is 11.9. The number of unbranched alkanes of at least 4 members (excludes halogenated alkanes) is 3. The minimum atomic E-state index is -0.156. The standard InChI is InChI=1S/C29H32BrNO4/c1-3-4-5-9-15-26(21-11-7-6-8-12-21)31-29(33)22-16-17-27(35-20-34-2)25(18-22)24-14-10-13-23(19-32)28(24)30/h6-8,10-14,16-19,26H,3-5,9,15,20H2,1-2H3,(H,31,33). The number of methoxy groups -OCH3 is 1. The Morgan fingerprint density at radius 1 is 1.00 bits per heavy atom. The fraction of sp³-hybridized carbons (Fsp3) is 0.310. The molecule has 3 aromatic rings. The zero-order valence-corrected chi connectivity index (χ0v) is 21.8. The van der Waals surface area contributed by atoms with Crippen molar-refractivity contribution >= 4 is 28.1 Å². The van der Waals surface area contributed by atoms with E-state index in [1.54, 1.807) is 37.4 Å². The Kier molecular flexibility index (Phi) is 10.5. The minimum absolute atomic E-state index is 0.0668. The Morgan fingerprint density at radius 2 is 1.80 bits per heavy atom. The maximum Gasteiger partial charge on any atom is 0.251 e. The molecular formula is C29H32BrNO4. The molecule has 6 heteroatoms. The molecule has 1 amide bonds. The zero-order chi connectivity index (χ0) is 25.0. The molecule has 0 aliphatic heterocycles. The number of benzene rings is 3. The van der Waals surface area contributed by atoms with E-state index in [9.17, 15) is 9.59 Å². The predicted octanol–water partition coefficient (Wildman–Crippen LogP) is 7.35. The van der Waals surface area contributed by atoms with Crippen molar-refractivity contribution in [3.05, 3.63) is 87.9 Å². The van der Waals surface area contributed by atoms with Crippen LogP contribution in [0.1, 0.15) is 71.3 Å². The highest BCUT2D eigenvalue weighted by molar-refractivity contribution is 9.10. The molecule has 3 aromatic carbocycles. The topological polar surface area (TPSA) is 64.6 Å². The number of ether oxygens (including phenoxy) is 2. The van der Waals surface area contributed by atoms with E-state index in [-0.39, 0.29) is 18.7 Å². The van der Waals surface area contributed by atoms with E-state index < -0.39 is 0 Å². The lowest BCUT2D eigenvalue weighted by atomic mass is 9.98. The largest absolute Gasteiger partial charge is 0.467 e. The van der Waals surface area contributed by atoms with Crippen LogP contribution in [0.15, 0.2) is 71.2 Å². The van der Waals surface area contributed by atoms with Crippen molar-refractivity contribution in [1.29, 1.82) is 0 Å². The summed E-state index contributed by atoms with van der Waals surface area (Å²) in [5, 5.41) is 3.23. The van der Waals surface area contributed by atoms with Crippen LogP contribution in [0.3, 0.4) is 0 Å². The monoisotopic (exact) mass is 537 g/mol. The fourth-order valence-electron chi connectivity index (χ4n) is 4.00. The van der Waals surface area contributed by atoms with Crippen LogP contribution in [0.2, 0.25) is 0 Å². The predicted molar refractivity (Wildman–Crippen MR) is 143 cm³/mol. The van der Waals surface area contributed by atoms with Crippen molar-refractivity contribution < 1.29 is 19.1 Å². The summed E-state index contributed by atoms with van der Waals surface area (Å²) in [6.07, 6.45) is 6.23. The van der Waals surface area contributed by atoms with Crippen molar-refractivity contribution in [1.82, 2.24) is 5.32 Å². The molecule has 1 unspecified atom stereocenters. The van der Waals surface area contributed by atoms with Gasteiger partial charge in [-0.25, -0.2) is 0 Å². The summed E-state index contributed by atoms with van der Waals surface area (Å²) in [6.45, 7) is 2.26. The summed E-state index contributed by atoms with van der Waals surface area (Å²) in [7, 11) is 1.55. The molecule has 0 fully saturated rings. The molecule has 0 saturated carbocycles. The number of nitrogens with one attached hydrogen (secondary N) is 1. The molecule has 184 valence electrons. The van der Waals surface area contributed by atoms with Crippen LogP contribution in [0, 0.1) is 0 Å². The number of carbonyl (C=O) groups excluding carboxylic acids is 2. The number of hydrogen-bond donors (Lipinski definition) is 1. The van der Waals surface area contributed by atoms with Crippen LogP contribution in [0.25, 0.3) is 11.1 Å². The van der Waals surface area contributed by atoms with Crippen LogP contribution in [-0.2, 0) is 4.74 Å². The van der Waals surface area contributed by atoms with Gasteiger partial charge in [-0.15, -0.1) is 0 Å². The van der Waals surface area contributed by atoms with Gasteiger partial charge in [-0.2, -0.15) is 0 Å². The summed E-state index contributed by atoms with van der Waals surface area (Å²) in [4.78, 5) is 24.9. The third kappa shape index (κ3) is 7.26. The molecule has 0 aliphatic carbocycles. The van der Waals surface area contributed by atoms with E-state index in [0.717, 1.165) is 36.7 Å². The van der Waals surface area contributed by atoms with Crippen LogP contribution >= 0.6 is 15.9 Å². The van der Waals surface area contributed by atoms with Gasteiger partial charge < -0.3 is 14.8 Å². The Morgan fingerprint density at radius 3 is 2.51 bits per heavy atom. The molecule has 0 aromatic heterocycles. The summed E-state index contributed by atoms with van der Waals surface area (Å²) < 4.78 is 11.5. The molecule has 0 heterocycles. The second-order valence-electron chi connectivity index (χ2n) is 8.37. The minimum Gasteiger partial charge on any atom is -0.467 e. The third-order valence-corrected chi connectivity index (χ3v) is 6.76. The van der Waals surface area contributed by atoms with Gasteiger partial charge >= 0.3 is 0 Å². The molecule has 0 saturated heterocycles.